The van der Waals surface area contributed by atoms with Gasteiger partial charge in [-0.2, -0.15) is 18.3 Å². The van der Waals surface area contributed by atoms with Crippen LogP contribution in [0.3, 0.4) is 0 Å². The largest absolute Gasteiger partial charge is 0.478 e. The zero-order valence-electron chi connectivity index (χ0n) is 13.3. The van der Waals surface area contributed by atoms with E-state index in [4.69, 9.17) is 16.7 Å². The average Bonchev–Trinajstić information content (AvgIpc) is 3.21. The zero-order valence-corrected chi connectivity index (χ0v) is 14.9. The highest BCUT2D eigenvalue weighted by Crippen LogP contribution is 2.38. The summed E-state index contributed by atoms with van der Waals surface area (Å²) in [5.74, 6) is -2.31. The van der Waals surface area contributed by atoms with Crippen LogP contribution in [0.5, 0.6) is 0 Å². The van der Waals surface area contributed by atoms with Crippen molar-refractivity contribution >= 4 is 35.2 Å². The van der Waals surface area contributed by atoms with Gasteiger partial charge >= 0.3 is 12.1 Å². The molecule has 2 atom stereocenters. The van der Waals surface area contributed by atoms with Gasteiger partial charge in [0.05, 0.1) is 11.6 Å². The number of nitrogens with zero attached hydrogens (tertiary/aromatic N) is 2. The van der Waals surface area contributed by atoms with Gasteiger partial charge in [-0.25, -0.2) is 9.48 Å². The van der Waals surface area contributed by atoms with Gasteiger partial charge in [0.1, 0.15) is 11.3 Å². The second-order valence-electron chi connectivity index (χ2n) is 5.55. The Morgan fingerprint density at radius 3 is 2.81 bits per heavy atom. The van der Waals surface area contributed by atoms with Crippen LogP contribution in [0.25, 0.3) is 0 Å². The molecule has 0 aromatic carbocycles. The first-order chi connectivity index (χ1) is 12.7. The number of aromatic nitrogens is 2. The van der Waals surface area contributed by atoms with Crippen LogP contribution in [0.1, 0.15) is 28.0 Å². The highest BCUT2D eigenvalue weighted by molar-refractivity contribution is 8.02. The lowest BCUT2D eigenvalue weighted by Gasteiger charge is -2.18. The maximum Gasteiger partial charge on any atom is 0.434 e. The molecule has 1 aliphatic heterocycles. The van der Waals surface area contributed by atoms with Crippen LogP contribution in [-0.4, -0.2) is 32.1 Å². The number of rotatable bonds is 4. The minimum atomic E-state index is -4.93. The second kappa shape index (κ2) is 7.31. The number of amides is 1. The van der Waals surface area contributed by atoms with Gasteiger partial charge in [0.25, 0.3) is 5.91 Å². The van der Waals surface area contributed by atoms with Crippen LogP contribution in [0.15, 0.2) is 41.2 Å². The Bertz CT molecular complexity index is 878. The molecular formula is C15H12ClF3N4O3S. The number of alkyl halides is 4. The number of carbonyl (C=O) groups is 2. The molecule has 3 rings (SSSR count). The summed E-state index contributed by atoms with van der Waals surface area (Å²) in [7, 11) is 0. The van der Waals surface area contributed by atoms with Crippen LogP contribution in [-0.2, 0) is 11.0 Å². The van der Waals surface area contributed by atoms with Crippen LogP contribution < -0.4 is 10.6 Å². The van der Waals surface area contributed by atoms with Crippen LogP contribution >= 0.6 is 23.4 Å². The van der Waals surface area contributed by atoms with E-state index in [9.17, 15) is 22.8 Å². The van der Waals surface area contributed by atoms with Crippen molar-refractivity contribution in [3.05, 3.63) is 52.5 Å². The standard InChI is InChI=1S/C15H12ClF3N4O3S/c16-7-2-1-3-8(4-7)21-12(24)10-6-27-14(22-10)23-11(15(17,18)19)9(5-20-23)13(25)26/h1,3-7,14,22H,2H2,(H,21,24)(H,25,26). The number of thioether (sulfide) groups is 1. The predicted octanol–water partition coefficient (Wildman–Crippen LogP) is 2.80. The molecule has 0 spiro atoms. The first kappa shape index (κ1) is 19.4. The van der Waals surface area contributed by atoms with Crippen molar-refractivity contribution in [2.75, 3.05) is 0 Å². The summed E-state index contributed by atoms with van der Waals surface area (Å²) in [5, 5.41) is 18.8. The van der Waals surface area contributed by atoms with Gasteiger partial charge < -0.3 is 15.7 Å². The lowest BCUT2D eigenvalue weighted by molar-refractivity contribution is -0.144. The second-order valence-corrected chi connectivity index (χ2v) is 7.06. The van der Waals surface area contributed by atoms with Crippen LogP contribution in [0.2, 0.25) is 0 Å². The molecule has 2 aliphatic rings. The van der Waals surface area contributed by atoms with E-state index in [1.54, 1.807) is 18.2 Å². The third-order valence-electron chi connectivity index (χ3n) is 3.63. The fraction of sp³-hybridized carbons (Fsp3) is 0.267. The van der Waals surface area contributed by atoms with E-state index in [-0.39, 0.29) is 11.1 Å². The Balaban J connectivity index is 1.75. The van der Waals surface area contributed by atoms with Gasteiger partial charge in [-0.15, -0.1) is 11.6 Å². The molecular weight excluding hydrogens is 409 g/mol. The zero-order chi connectivity index (χ0) is 19.8. The van der Waals surface area contributed by atoms with E-state index < -0.39 is 34.8 Å². The van der Waals surface area contributed by atoms with E-state index in [0.29, 0.717) is 23.0 Å². The number of halogens is 4. The van der Waals surface area contributed by atoms with Crippen molar-refractivity contribution in [2.45, 2.75) is 23.5 Å². The van der Waals surface area contributed by atoms with E-state index >= 15 is 0 Å². The topological polar surface area (TPSA) is 96.2 Å². The molecule has 2 unspecified atom stereocenters. The number of hydrogen-bond acceptors (Lipinski definition) is 5. The van der Waals surface area contributed by atoms with Gasteiger partial charge in [-0.1, -0.05) is 17.8 Å². The van der Waals surface area contributed by atoms with Gasteiger partial charge in [0, 0.05) is 11.1 Å². The molecule has 7 nitrogen and oxygen atoms in total. The molecule has 3 N–H and O–H groups in total. The lowest BCUT2D eigenvalue weighted by atomic mass is 10.1. The first-order valence-electron chi connectivity index (χ1n) is 7.50. The summed E-state index contributed by atoms with van der Waals surface area (Å²) in [5.41, 5.74) is -2.99. The summed E-state index contributed by atoms with van der Waals surface area (Å²) in [6.45, 7) is 0. The summed E-state index contributed by atoms with van der Waals surface area (Å²) in [6.07, 6.45) is 1.44. The summed E-state index contributed by atoms with van der Waals surface area (Å²) >= 11 is 6.83. The molecule has 0 saturated carbocycles. The molecule has 1 aromatic rings. The van der Waals surface area contributed by atoms with E-state index in [2.05, 4.69) is 15.7 Å². The highest BCUT2D eigenvalue weighted by atomic mass is 35.5. The van der Waals surface area contributed by atoms with Gasteiger partial charge in [0.15, 0.2) is 11.2 Å². The molecule has 1 aliphatic carbocycles. The normalized spacial score (nSPS) is 22.1. The number of carboxylic acid groups (broad SMARTS) is 1. The molecule has 0 saturated heterocycles. The fourth-order valence-electron chi connectivity index (χ4n) is 2.48. The van der Waals surface area contributed by atoms with Gasteiger partial charge in [-0.3, -0.25) is 4.79 Å². The number of carboxylic acids is 1. The molecule has 1 amide bonds. The monoisotopic (exact) mass is 420 g/mol. The van der Waals surface area contributed by atoms with Gasteiger partial charge in [0.2, 0.25) is 0 Å². The fourth-order valence-corrected chi connectivity index (χ4v) is 3.62. The number of carbonyl (C=O) groups excluding carboxylic acids is 1. The molecule has 1 aromatic heterocycles. The lowest BCUT2D eigenvalue weighted by Crippen LogP contribution is -2.33. The van der Waals surface area contributed by atoms with Crippen molar-refractivity contribution in [1.82, 2.24) is 20.4 Å². The molecule has 0 fully saturated rings. The first-order valence-corrected chi connectivity index (χ1v) is 8.88. The smallest absolute Gasteiger partial charge is 0.434 e. The van der Waals surface area contributed by atoms with Crippen molar-refractivity contribution in [3.8, 4) is 0 Å². The quantitative estimate of drug-likeness (QED) is 0.648. The van der Waals surface area contributed by atoms with E-state index in [0.717, 1.165) is 11.8 Å². The summed E-state index contributed by atoms with van der Waals surface area (Å²) in [6, 6.07) is 0. The third kappa shape index (κ3) is 4.14. The third-order valence-corrected chi connectivity index (χ3v) is 4.88. The minimum absolute atomic E-state index is 0.0245. The molecule has 144 valence electrons. The Morgan fingerprint density at radius 1 is 1.44 bits per heavy atom. The Hall–Kier alpha value is -2.40. The van der Waals surface area contributed by atoms with Crippen molar-refractivity contribution < 1.29 is 27.9 Å². The van der Waals surface area contributed by atoms with E-state index in [1.165, 1.54) is 5.41 Å². The van der Waals surface area contributed by atoms with E-state index in [1.807, 2.05) is 0 Å². The maximum absolute atomic E-state index is 13.3. The minimum Gasteiger partial charge on any atom is -0.478 e. The highest BCUT2D eigenvalue weighted by Gasteiger charge is 2.42. The maximum atomic E-state index is 13.3. The van der Waals surface area contributed by atoms with Crippen molar-refractivity contribution in [3.63, 3.8) is 0 Å². The molecule has 0 bridgehead atoms. The average molecular weight is 421 g/mol. The summed E-state index contributed by atoms with van der Waals surface area (Å²) in [4.78, 5) is 23.3. The summed E-state index contributed by atoms with van der Waals surface area (Å²) < 4.78 is 40.3. The van der Waals surface area contributed by atoms with Crippen molar-refractivity contribution in [1.29, 1.82) is 0 Å². The number of nitrogens with one attached hydrogen (secondary N) is 2. The van der Waals surface area contributed by atoms with Gasteiger partial charge in [-0.05, 0) is 18.6 Å². The van der Waals surface area contributed by atoms with Crippen molar-refractivity contribution in [2.24, 2.45) is 0 Å². The molecule has 2 heterocycles. The number of aromatic carboxylic acids is 1. The Labute approximate surface area is 159 Å². The number of hydrogen-bond donors (Lipinski definition) is 3. The Morgan fingerprint density at radius 2 is 2.19 bits per heavy atom. The SMILES string of the molecule is O=C(NC1=CC(Cl)CC=C1)C1=CSC(n2ncc(C(=O)O)c2C(F)(F)F)N1. The Kier molecular flexibility index (Phi) is 5.24. The number of allylic oxidation sites excluding steroid dienone is 3. The molecule has 27 heavy (non-hydrogen) atoms. The predicted molar refractivity (Wildman–Crippen MR) is 91.7 cm³/mol. The molecule has 0 radical (unpaired) electrons. The van der Waals surface area contributed by atoms with Crippen LogP contribution in [0.4, 0.5) is 13.2 Å². The molecule has 12 heteroatoms. The van der Waals surface area contributed by atoms with Crippen LogP contribution in [0, 0.1) is 0 Å².